The lowest BCUT2D eigenvalue weighted by atomic mass is 10.2. The van der Waals surface area contributed by atoms with Crippen LogP contribution in [-0.2, 0) is 6.42 Å². The van der Waals surface area contributed by atoms with Gasteiger partial charge in [-0.25, -0.2) is 0 Å². The van der Waals surface area contributed by atoms with Gasteiger partial charge in [-0.15, -0.1) is 11.6 Å². The molecule has 0 saturated carbocycles. The van der Waals surface area contributed by atoms with E-state index in [1.165, 1.54) is 5.56 Å². The quantitative estimate of drug-likeness (QED) is 0.684. The van der Waals surface area contributed by atoms with Gasteiger partial charge in [0.05, 0.1) is 6.20 Å². The van der Waals surface area contributed by atoms with Crippen LogP contribution in [0, 0.1) is 0 Å². The second kappa shape index (κ2) is 4.66. The Kier molecular flexibility index (Phi) is 3.79. The molecule has 0 aliphatic carbocycles. The second-order valence-corrected chi connectivity index (χ2v) is 4.49. The van der Waals surface area contributed by atoms with Crippen molar-refractivity contribution in [2.75, 3.05) is 0 Å². The summed E-state index contributed by atoms with van der Waals surface area (Å²) < 4.78 is 1.98. The average Bonchev–Trinajstić information content (AvgIpc) is 2.48. The monoisotopic (exact) mass is 200 g/mol. The standard InChI is InChI=1S/C10H17ClN2/c1-8(2)13-7-10(6-12-13)5-4-9(3)11/h6-9H,4-5H2,1-3H3. The number of nitrogens with zero attached hydrogens (tertiary/aromatic N) is 2. The van der Waals surface area contributed by atoms with Crippen molar-refractivity contribution in [1.29, 1.82) is 0 Å². The highest BCUT2D eigenvalue weighted by molar-refractivity contribution is 6.20. The molecule has 0 bridgehead atoms. The number of alkyl halides is 1. The minimum absolute atomic E-state index is 0.252. The first kappa shape index (κ1) is 10.6. The molecule has 2 nitrogen and oxygen atoms in total. The Morgan fingerprint density at radius 3 is 2.62 bits per heavy atom. The van der Waals surface area contributed by atoms with E-state index in [1.807, 2.05) is 17.8 Å². The molecule has 1 heterocycles. The van der Waals surface area contributed by atoms with Crippen molar-refractivity contribution in [2.45, 2.75) is 45.0 Å². The Labute approximate surface area is 84.9 Å². The van der Waals surface area contributed by atoms with Crippen LogP contribution in [0.4, 0.5) is 0 Å². The van der Waals surface area contributed by atoms with E-state index in [-0.39, 0.29) is 5.38 Å². The van der Waals surface area contributed by atoms with E-state index in [9.17, 15) is 0 Å². The van der Waals surface area contributed by atoms with Gasteiger partial charge in [-0.3, -0.25) is 4.68 Å². The van der Waals surface area contributed by atoms with Crippen molar-refractivity contribution in [3.63, 3.8) is 0 Å². The van der Waals surface area contributed by atoms with Gasteiger partial charge in [0.15, 0.2) is 0 Å². The molecule has 0 saturated heterocycles. The van der Waals surface area contributed by atoms with Gasteiger partial charge in [-0.2, -0.15) is 5.10 Å². The van der Waals surface area contributed by atoms with Crippen LogP contribution in [0.2, 0.25) is 0 Å². The van der Waals surface area contributed by atoms with Crippen LogP contribution in [0.1, 0.15) is 38.8 Å². The van der Waals surface area contributed by atoms with Gasteiger partial charge in [-0.05, 0) is 39.2 Å². The van der Waals surface area contributed by atoms with Crippen LogP contribution >= 0.6 is 11.6 Å². The van der Waals surface area contributed by atoms with Crippen LogP contribution in [0.5, 0.6) is 0 Å². The summed E-state index contributed by atoms with van der Waals surface area (Å²) in [4.78, 5) is 0. The first-order valence-corrected chi connectivity index (χ1v) is 5.20. The minimum atomic E-state index is 0.252. The Morgan fingerprint density at radius 2 is 2.15 bits per heavy atom. The van der Waals surface area contributed by atoms with E-state index < -0.39 is 0 Å². The van der Waals surface area contributed by atoms with Crippen molar-refractivity contribution in [3.8, 4) is 0 Å². The smallest absolute Gasteiger partial charge is 0.0521 e. The first-order chi connectivity index (χ1) is 6.09. The first-order valence-electron chi connectivity index (χ1n) is 4.76. The maximum atomic E-state index is 5.87. The fourth-order valence-corrected chi connectivity index (χ4v) is 1.26. The summed E-state index contributed by atoms with van der Waals surface area (Å²) in [5.74, 6) is 0. The summed E-state index contributed by atoms with van der Waals surface area (Å²) in [5, 5.41) is 4.52. The van der Waals surface area contributed by atoms with Crippen LogP contribution in [0.15, 0.2) is 12.4 Å². The lowest BCUT2D eigenvalue weighted by Crippen LogP contribution is -2.00. The van der Waals surface area contributed by atoms with Gasteiger partial charge >= 0.3 is 0 Å². The van der Waals surface area contributed by atoms with E-state index in [1.54, 1.807) is 0 Å². The van der Waals surface area contributed by atoms with E-state index >= 15 is 0 Å². The summed E-state index contributed by atoms with van der Waals surface area (Å²) >= 11 is 5.87. The van der Waals surface area contributed by atoms with Crippen LogP contribution < -0.4 is 0 Å². The predicted octanol–water partition coefficient (Wildman–Crippen LogP) is 3.02. The lowest BCUT2D eigenvalue weighted by molar-refractivity contribution is 0.532. The second-order valence-electron chi connectivity index (χ2n) is 3.74. The highest BCUT2D eigenvalue weighted by atomic mass is 35.5. The third-order valence-corrected chi connectivity index (χ3v) is 2.23. The summed E-state index contributed by atoms with van der Waals surface area (Å²) in [6, 6.07) is 0.446. The maximum absolute atomic E-state index is 5.87. The van der Waals surface area contributed by atoms with Gasteiger partial charge in [0, 0.05) is 17.6 Å². The van der Waals surface area contributed by atoms with Gasteiger partial charge in [0.25, 0.3) is 0 Å². The minimum Gasteiger partial charge on any atom is -0.270 e. The largest absolute Gasteiger partial charge is 0.270 e. The van der Waals surface area contributed by atoms with Crippen molar-refractivity contribution < 1.29 is 0 Å². The molecule has 0 aliphatic heterocycles. The molecule has 1 atom stereocenters. The number of halogens is 1. The molecule has 0 fully saturated rings. The zero-order valence-electron chi connectivity index (χ0n) is 8.50. The molecule has 0 aromatic carbocycles. The zero-order valence-corrected chi connectivity index (χ0v) is 9.25. The Morgan fingerprint density at radius 1 is 1.46 bits per heavy atom. The molecular formula is C10H17ClN2. The molecule has 1 rings (SSSR count). The van der Waals surface area contributed by atoms with Crippen LogP contribution in [0.25, 0.3) is 0 Å². The van der Waals surface area contributed by atoms with Gasteiger partial charge in [-0.1, -0.05) is 0 Å². The Bertz CT molecular complexity index is 253. The van der Waals surface area contributed by atoms with Crippen molar-refractivity contribution >= 4 is 11.6 Å². The third-order valence-electron chi connectivity index (χ3n) is 2.01. The van der Waals surface area contributed by atoms with Crippen LogP contribution in [-0.4, -0.2) is 15.2 Å². The zero-order chi connectivity index (χ0) is 9.84. The molecule has 1 unspecified atom stereocenters. The molecular weight excluding hydrogens is 184 g/mol. The molecule has 74 valence electrons. The molecule has 13 heavy (non-hydrogen) atoms. The molecule has 3 heteroatoms. The highest BCUT2D eigenvalue weighted by Gasteiger charge is 2.03. The summed E-state index contributed by atoms with van der Waals surface area (Å²) in [6.45, 7) is 6.27. The molecule has 1 aromatic rings. The van der Waals surface area contributed by atoms with E-state index in [4.69, 9.17) is 11.6 Å². The molecule has 0 aliphatic rings. The molecule has 0 amide bonds. The molecule has 0 radical (unpaired) electrons. The number of rotatable bonds is 4. The Hall–Kier alpha value is -0.500. The molecule has 0 spiro atoms. The Balaban J connectivity index is 2.49. The summed E-state index contributed by atoms with van der Waals surface area (Å²) in [7, 11) is 0. The third kappa shape index (κ3) is 3.39. The van der Waals surface area contributed by atoms with Crippen LogP contribution in [0.3, 0.4) is 0 Å². The number of aryl methyl sites for hydroxylation is 1. The lowest BCUT2D eigenvalue weighted by Gasteiger charge is -2.03. The molecule has 1 aromatic heterocycles. The van der Waals surface area contributed by atoms with Gasteiger partial charge < -0.3 is 0 Å². The van der Waals surface area contributed by atoms with Crippen molar-refractivity contribution in [1.82, 2.24) is 9.78 Å². The van der Waals surface area contributed by atoms with E-state index in [2.05, 4.69) is 25.1 Å². The number of hydrogen-bond acceptors (Lipinski definition) is 1. The summed E-state index contributed by atoms with van der Waals surface area (Å²) in [6.07, 6.45) is 6.08. The maximum Gasteiger partial charge on any atom is 0.0521 e. The van der Waals surface area contributed by atoms with E-state index in [0.717, 1.165) is 12.8 Å². The SMILES string of the molecule is CC(Cl)CCc1cnn(C(C)C)c1. The predicted molar refractivity (Wildman–Crippen MR) is 56.2 cm³/mol. The highest BCUT2D eigenvalue weighted by Crippen LogP contribution is 2.10. The van der Waals surface area contributed by atoms with Gasteiger partial charge in [0.1, 0.15) is 0 Å². The fraction of sp³-hybridized carbons (Fsp3) is 0.700. The van der Waals surface area contributed by atoms with Gasteiger partial charge in [0.2, 0.25) is 0 Å². The van der Waals surface area contributed by atoms with Crippen molar-refractivity contribution in [3.05, 3.63) is 18.0 Å². The average molecular weight is 201 g/mol. The number of hydrogen-bond donors (Lipinski definition) is 0. The molecule has 0 N–H and O–H groups in total. The summed E-state index contributed by atoms with van der Waals surface area (Å²) in [5.41, 5.74) is 1.28. The van der Waals surface area contributed by atoms with E-state index in [0.29, 0.717) is 6.04 Å². The number of aromatic nitrogens is 2. The fourth-order valence-electron chi connectivity index (χ4n) is 1.15. The van der Waals surface area contributed by atoms with Crippen molar-refractivity contribution in [2.24, 2.45) is 0 Å². The normalized spacial score (nSPS) is 13.6. The topological polar surface area (TPSA) is 17.8 Å².